The van der Waals surface area contributed by atoms with Gasteiger partial charge < -0.3 is 4.74 Å². The van der Waals surface area contributed by atoms with Crippen molar-refractivity contribution >= 4 is 55.1 Å². The van der Waals surface area contributed by atoms with Crippen molar-refractivity contribution in [2.75, 3.05) is 11.9 Å². The van der Waals surface area contributed by atoms with Crippen LogP contribution in [0.3, 0.4) is 0 Å². The predicted octanol–water partition coefficient (Wildman–Crippen LogP) is 5.95. The van der Waals surface area contributed by atoms with E-state index < -0.39 is 0 Å². The van der Waals surface area contributed by atoms with Gasteiger partial charge in [-0.3, -0.25) is 0 Å². The van der Waals surface area contributed by atoms with E-state index in [-0.39, 0.29) is 0 Å². The lowest BCUT2D eigenvalue weighted by Gasteiger charge is -2.12. The first-order valence-corrected chi connectivity index (χ1v) is 8.05. The molecule has 0 N–H and O–H groups in total. The second-order valence-corrected chi connectivity index (χ2v) is 6.38. The zero-order valence-electron chi connectivity index (χ0n) is 9.48. The molecule has 0 radical (unpaired) electrons. The Hall–Kier alpha value is 0.560. The molecule has 1 atom stereocenters. The van der Waals surface area contributed by atoms with E-state index >= 15 is 0 Å². The molecule has 1 nitrogen and oxygen atoms in total. The number of benzene rings is 1. The maximum Gasteiger partial charge on any atom is 0.139 e. The molecular formula is C12H14Br2Cl2O. The highest BCUT2D eigenvalue weighted by Gasteiger charge is 2.07. The molecule has 0 heterocycles. The third kappa shape index (κ3) is 5.37. The van der Waals surface area contributed by atoms with Gasteiger partial charge in [0, 0.05) is 15.9 Å². The lowest BCUT2D eigenvalue weighted by Crippen LogP contribution is -2.05. The molecule has 0 saturated heterocycles. The van der Waals surface area contributed by atoms with Crippen molar-refractivity contribution in [3.63, 3.8) is 0 Å². The fourth-order valence-corrected chi connectivity index (χ4v) is 2.94. The third-order valence-electron chi connectivity index (χ3n) is 2.44. The van der Waals surface area contributed by atoms with Crippen molar-refractivity contribution in [1.82, 2.24) is 0 Å². The monoisotopic (exact) mass is 402 g/mol. The van der Waals surface area contributed by atoms with Crippen molar-refractivity contribution in [3.8, 4) is 5.75 Å². The molecule has 1 unspecified atom stereocenters. The van der Waals surface area contributed by atoms with Crippen LogP contribution in [0, 0.1) is 5.92 Å². The molecule has 0 aliphatic rings. The maximum absolute atomic E-state index is 6.06. The van der Waals surface area contributed by atoms with Gasteiger partial charge in [0.15, 0.2) is 0 Å². The average Bonchev–Trinajstić information content (AvgIpc) is 2.26. The number of hydrogen-bond acceptors (Lipinski definition) is 1. The minimum Gasteiger partial charge on any atom is -0.492 e. The van der Waals surface area contributed by atoms with Crippen LogP contribution in [0.5, 0.6) is 5.75 Å². The summed E-state index contributed by atoms with van der Waals surface area (Å²) in [4.78, 5) is 0. The fourth-order valence-electron chi connectivity index (χ4n) is 1.32. The summed E-state index contributed by atoms with van der Waals surface area (Å²) in [6, 6.07) is 3.49. The summed E-state index contributed by atoms with van der Waals surface area (Å²) in [6.07, 6.45) is 2.16. The van der Waals surface area contributed by atoms with Crippen LogP contribution in [0.2, 0.25) is 10.0 Å². The number of halogens is 4. The average molecular weight is 405 g/mol. The number of rotatable bonds is 6. The molecule has 0 bridgehead atoms. The van der Waals surface area contributed by atoms with Crippen LogP contribution in [0.1, 0.15) is 19.8 Å². The van der Waals surface area contributed by atoms with Gasteiger partial charge in [0.25, 0.3) is 0 Å². The van der Waals surface area contributed by atoms with Crippen molar-refractivity contribution in [2.45, 2.75) is 19.8 Å². The van der Waals surface area contributed by atoms with Crippen LogP contribution >= 0.6 is 55.1 Å². The minimum absolute atomic E-state index is 0.578. The summed E-state index contributed by atoms with van der Waals surface area (Å²) in [5.74, 6) is 1.28. The normalized spacial score (nSPS) is 12.5. The van der Waals surface area contributed by atoms with E-state index in [1.165, 1.54) is 0 Å². The van der Waals surface area contributed by atoms with Gasteiger partial charge in [-0.15, -0.1) is 0 Å². The lowest BCUT2D eigenvalue weighted by atomic mass is 10.1. The van der Waals surface area contributed by atoms with Crippen LogP contribution < -0.4 is 4.74 Å². The fraction of sp³-hybridized carbons (Fsp3) is 0.500. The molecule has 1 rings (SSSR count). The van der Waals surface area contributed by atoms with E-state index in [2.05, 4.69) is 38.8 Å². The summed E-state index contributed by atoms with van der Waals surface area (Å²) in [7, 11) is 0. The Labute approximate surface area is 129 Å². The Kier molecular flexibility index (Phi) is 7.24. The largest absolute Gasteiger partial charge is 0.492 e. The molecule has 0 spiro atoms. The maximum atomic E-state index is 6.06. The van der Waals surface area contributed by atoms with Crippen molar-refractivity contribution in [3.05, 3.63) is 26.7 Å². The van der Waals surface area contributed by atoms with Crippen LogP contribution in [0.4, 0.5) is 0 Å². The molecule has 5 heteroatoms. The van der Waals surface area contributed by atoms with Crippen LogP contribution in [-0.4, -0.2) is 11.9 Å². The van der Waals surface area contributed by atoms with Gasteiger partial charge in [0.05, 0.1) is 16.7 Å². The van der Waals surface area contributed by atoms with Crippen molar-refractivity contribution in [1.29, 1.82) is 0 Å². The topological polar surface area (TPSA) is 9.23 Å². The molecule has 1 aromatic carbocycles. The van der Waals surface area contributed by atoms with Crippen molar-refractivity contribution in [2.24, 2.45) is 5.92 Å². The Morgan fingerprint density at radius 2 is 1.94 bits per heavy atom. The predicted molar refractivity (Wildman–Crippen MR) is 81.8 cm³/mol. The molecule has 0 fully saturated rings. The zero-order valence-corrected chi connectivity index (χ0v) is 14.2. The Morgan fingerprint density at radius 3 is 2.59 bits per heavy atom. The van der Waals surface area contributed by atoms with Crippen molar-refractivity contribution < 1.29 is 4.74 Å². The van der Waals surface area contributed by atoms with Gasteiger partial charge in [0.1, 0.15) is 5.75 Å². The Balaban J connectivity index is 2.49. The molecule has 96 valence electrons. The first-order valence-electron chi connectivity index (χ1n) is 5.38. The van der Waals surface area contributed by atoms with E-state index in [1.54, 1.807) is 12.1 Å². The number of hydrogen-bond donors (Lipinski definition) is 0. The number of ether oxygens (including phenoxy) is 1. The highest BCUT2D eigenvalue weighted by Crippen LogP contribution is 2.34. The Morgan fingerprint density at radius 1 is 1.24 bits per heavy atom. The van der Waals surface area contributed by atoms with Gasteiger partial charge in [-0.1, -0.05) is 46.1 Å². The standard InChI is InChI=1S/C12H14Br2Cl2O/c1-8(2-4-13)3-5-17-12-7-10(15)9(14)6-11(12)16/h6-8H,2-5H2,1H3. The lowest BCUT2D eigenvalue weighted by molar-refractivity contribution is 0.282. The van der Waals surface area contributed by atoms with Crippen LogP contribution in [-0.2, 0) is 0 Å². The molecule has 0 aromatic heterocycles. The highest BCUT2D eigenvalue weighted by atomic mass is 79.9. The van der Waals surface area contributed by atoms with E-state index in [1.807, 2.05) is 0 Å². The van der Waals surface area contributed by atoms with Gasteiger partial charge in [-0.2, -0.15) is 0 Å². The summed E-state index contributed by atoms with van der Waals surface area (Å²) >= 11 is 18.8. The minimum atomic E-state index is 0.578. The quantitative estimate of drug-likeness (QED) is 0.420. The summed E-state index contributed by atoms with van der Waals surface area (Å²) in [5.41, 5.74) is 0. The highest BCUT2D eigenvalue weighted by molar-refractivity contribution is 9.10. The van der Waals surface area contributed by atoms with Gasteiger partial charge in [0.2, 0.25) is 0 Å². The van der Waals surface area contributed by atoms with E-state index in [4.69, 9.17) is 27.9 Å². The van der Waals surface area contributed by atoms with E-state index in [0.29, 0.717) is 28.3 Å². The third-order valence-corrected chi connectivity index (χ3v) is 4.40. The first kappa shape index (κ1) is 15.6. The summed E-state index contributed by atoms with van der Waals surface area (Å²) < 4.78 is 6.42. The summed E-state index contributed by atoms with van der Waals surface area (Å²) in [6.45, 7) is 2.87. The van der Waals surface area contributed by atoms with Crippen LogP contribution in [0.15, 0.2) is 16.6 Å². The molecule has 0 aliphatic heterocycles. The molecule has 1 aromatic rings. The summed E-state index contributed by atoms with van der Waals surface area (Å²) in [5, 5.41) is 2.21. The SMILES string of the molecule is CC(CCBr)CCOc1cc(Cl)c(Br)cc1Cl. The van der Waals surface area contributed by atoms with Gasteiger partial charge in [-0.25, -0.2) is 0 Å². The second-order valence-electron chi connectivity index (χ2n) is 3.92. The van der Waals surface area contributed by atoms with E-state index in [9.17, 15) is 0 Å². The number of alkyl halides is 1. The van der Waals surface area contributed by atoms with E-state index in [0.717, 1.165) is 22.6 Å². The van der Waals surface area contributed by atoms with Crippen LogP contribution in [0.25, 0.3) is 0 Å². The van der Waals surface area contributed by atoms with Gasteiger partial charge >= 0.3 is 0 Å². The molecule has 17 heavy (non-hydrogen) atoms. The smallest absolute Gasteiger partial charge is 0.139 e. The molecule has 0 aliphatic carbocycles. The Bertz CT molecular complexity index is 372. The molecule has 0 amide bonds. The second kappa shape index (κ2) is 7.88. The molecular weight excluding hydrogens is 391 g/mol. The first-order chi connectivity index (χ1) is 8.04. The zero-order chi connectivity index (χ0) is 12.8. The molecule has 0 saturated carbocycles. The van der Waals surface area contributed by atoms with Gasteiger partial charge in [-0.05, 0) is 40.8 Å².